The fourth-order valence-electron chi connectivity index (χ4n) is 2.68. The number of nitrogens with one attached hydrogen (secondary N) is 3. The predicted octanol–water partition coefficient (Wildman–Crippen LogP) is 1.52. The topological polar surface area (TPSA) is 74.0 Å². The summed E-state index contributed by atoms with van der Waals surface area (Å²) in [5.41, 5.74) is 1.43. The Morgan fingerprint density at radius 2 is 1.95 bits per heavy atom. The lowest BCUT2D eigenvalue weighted by molar-refractivity contribution is 0.0929. The maximum atomic E-state index is 12.2. The van der Waals surface area contributed by atoms with Gasteiger partial charge in [0.15, 0.2) is 0 Å². The maximum Gasteiger partial charge on any atom is 0.261 e. The van der Waals surface area contributed by atoms with Gasteiger partial charge < -0.3 is 15.6 Å². The fourth-order valence-corrected chi connectivity index (χ4v) is 2.68. The number of amides is 1. The van der Waals surface area contributed by atoms with Gasteiger partial charge >= 0.3 is 0 Å². The van der Waals surface area contributed by atoms with Crippen LogP contribution < -0.4 is 16.2 Å². The van der Waals surface area contributed by atoms with Crippen LogP contribution in [0.3, 0.4) is 0 Å². The Morgan fingerprint density at radius 1 is 1.14 bits per heavy atom. The summed E-state index contributed by atoms with van der Waals surface area (Å²) in [5.74, 6) is -0.311. The minimum Gasteiger partial charge on any atom is -0.348 e. The minimum atomic E-state index is -0.359. The Labute approximate surface area is 128 Å². The molecule has 0 unspecified atom stereocenters. The predicted molar refractivity (Wildman–Crippen MR) is 85.9 cm³/mol. The molecule has 1 fully saturated rings. The van der Waals surface area contributed by atoms with E-state index in [-0.39, 0.29) is 23.1 Å². The number of aromatic amines is 1. The van der Waals surface area contributed by atoms with Crippen molar-refractivity contribution in [1.82, 2.24) is 15.6 Å². The van der Waals surface area contributed by atoms with Crippen molar-refractivity contribution >= 4 is 5.91 Å². The smallest absolute Gasteiger partial charge is 0.261 e. The molecule has 5 nitrogen and oxygen atoms in total. The number of piperidine rings is 1. The Balaban J connectivity index is 1.77. The number of hydrogen-bond acceptors (Lipinski definition) is 3. The molecule has 1 aromatic heterocycles. The van der Waals surface area contributed by atoms with Crippen LogP contribution in [0.2, 0.25) is 0 Å². The molecule has 0 spiro atoms. The molecular formula is C17H19N3O2. The van der Waals surface area contributed by atoms with Gasteiger partial charge in [-0.05, 0) is 37.1 Å². The van der Waals surface area contributed by atoms with Crippen LogP contribution >= 0.6 is 0 Å². The molecule has 3 rings (SSSR count). The number of pyridine rings is 1. The molecule has 22 heavy (non-hydrogen) atoms. The number of rotatable bonds is 3. The summed E-state index contributed by atoms with van der Waals surface area (Å²) in [6, 6.07) is 13.0. The van der Waals surface area contributed by atoms with Gasteiger partial charge in [-0.3, -0.25) is 9.59 Å². The van der Waals surface area contributed by atoms with Crippen LogP contribution in [0.25, 0.3) is 11.3 Å². The van der Waals surface area contributed by atoms with Gasteiger partial charge in [0.1, 0.15) is 5.56 Å². The maximum absolute atomic E-state index is 12.2. The van der Waals surface area contributed by atoms with Crippen LogP contribution in [0.15, 0.2) is 47.3 Å². The van der Waals surface area contributed by atoms with E-state index in [4.69, 9.17) is 0 Å². The van der Waals surface area contributed by atoms with Crippen molar-refractivity contribution in [2.24, 2.45) is 0 Å². The van der Waals surface area contributed by atoms with Gasteiger partial charge in [0.05, 0.1) is 0 Å². The SMILES string of the molecule is O=C(N[C@H]1CCCNC1)c1ccc(-c2ccccc2)[nH]c1=O. The first-order valence-electron chi connectivity index (χ1n) is 7.54. The Kier molecular flexibility index (Phi) is 4.34. The zero-order valence-electron chi connectivity index (χ0n) is 12.3. The summed E-state index contributed by atoms with van der Waals surface area (Å²) in [4.78, 5) is 27.2. The van der Waals surface area contributed by atoms with E-state index in [2.05, 4.69) is 15.6 Å². The van der Waals surface area contributed by atoms with Crippen LogP contribution in [0, 0.1) is 0 Å². The molecule has 1 atom stereocenters. The lowest BCUT2D eigenvalue weighted by Gasteiger charge is -2.23. The van der Waals surface area contributed by atoms with Crippen LogP contribution in [0.5, 0.6) is 0 Å². The highest BCUT2D eigenvalue weighted by Crippen LogP contribution is 2.14. The number of carbonyl (C=O) groups excluding carboxylic acids is 1. The number of aromatic nitrogens is 1. The molecule has 1 saturated heterocycles. The molecule has 1 aliphatic rings. The van der Waals surface area contributed by atoms with Crippen molar-refractivity contribution in [3.63, 3.8) is 0 Å². The minimum absolute atomic E-state index is 0.0921. The van der Waals surface area contributed by atoms with Crippen molar-refractivity contribution in [3.8, 4) is 11.3 Å². The van der Waals surface area contributed by atoms with Crippen molar-refractivity contribution in [1.29, 1.82) is 0 Å². The number of carbonyl (C=O) groups is 1. The molecule has 0 aliphatic carbocycles. The highest BCUT2D eigenvalue weighted by molar-refractivity contribution is 5.94. The average molecular weight is 297 g/mol. The van der Waals surface area contributed by atoms with E-state index >= 15 is 0 Å². The van der Waals surface area contributed by atoms with Crippen LogP contribution in [0.1, 0.15) is 23.2 Å². The first-order valence-corrected chi connectivity index (χ1v) is 7.54. The average Bonchev–Trinajstić information content (AvgIpc) is 2.56. The van der Waals surface area contributed by atoms with Crippen molar-refractivity contribution in [3.05, 3.63) is 58.4 Å². The van der Waals surface area contributed by atoms with Crippen molar-refractivity contribution < 1.29 is 4.79 Å². The molecule has 1 amide bonds. The quantitative estimate of drug-likeness (QED) is 0.804. The number of benzene rings is 1. The Hall–Kier alpha value is -2.40. The van der Waals surface area contributed by atoms with E-state index < -0.39 is 0 Å². The molecule has 2 heterocycles. The first kappa shape index (κ1) is 14.5. The number of hydrogen-bond donors (Lipinski definition) is 3. The van der Waals surface area contributed by atoms with Crippen LogP contribution in [-0.2, 0) is 0 Å². The molecular weight excluding hydrogens is 278 g/mol. The Morgan fingerprint density at radius 3 is 2.64 bits per heavy atom. The number of H-pyrrole nitrogens is 1. The molecule has 0 bridgehead atoms. The van der Waals surface area contributed by atoms with Crippen molar-refractivity contribution in [2.45, 2.75) is 18.9 Å². The zero-order valence-corrected chi connectivity index (χ0v) is 12.3. The summed E-state index contributed by atoms with van der Waals surface area (Å²) in [6.45, 7) is 1.74. The van der Waals surface area contributed by atoms with Gasteiger partial charge in [-0.25, -0.2) is 0 Å². The van der Waals surface area contributed by atoms with E-state index in [1.807, 2.05) is 30.3 Å². The van der Waals surface area contributed by atoms with Crippen LogP contribution in [0.4, 0.5) is 0 Å². The molecule has 2 aromatic rings. The standard InChI is InChI=1S/C17H19N3O2/c21-16(19-13-7-4-10-18-11-13)14-8-9-15(20-17(14)22)12-5-2-1-3-6-12/h1-3,5-6,8-9,13,18H,4,7,10-11H2,(H,19,21)(H,20,22)/t13-/m0/s1. The zero-order chi connectivity index (χ0) is 15.4. The summed E-state index contributed by atoms with van der Waals surface area (Å²) in [7, 11) is 0. The molecule has 5 heteroatoms. The second-order valence-electron chi connectivity index (χ2n) is 5.50. The molecule has 0 radical (unpaired) electrons. The molecule has 114 valence electrons. The lowest BCUT2D eigenvalue weighted by Crippen LogP contribution is -2.46. The summed E-state index contributed by atoms with van der Waals surface area (Å²) in [5, 5.41) is 6.15. The van der Waals surface area contributed by atoms with Gasteiger partial charge in [-0.2, -0.15) is 0 Å². The largest absolute Gasteiger partial charge is 0.348 e. The van der Waals surface area contributed by atoms with Crippen molar-refractivity contribution in [2.75, 3.05) is 13.1 Å². The van der Waals surface area contributed by atoms with E-state index in [1.165, 1.54) is 0 Å². The second-order valence-corrected chi connectivity index (χ2v) is 5.50. The summed E-state index contributed by atoms with van der Waals surface area (Å²) < 4.78 is 0. The molecule has 1 aliphatic heterocycles. The van der Waals surface area contributed by atoms with Gasteiger partial charge in [-0.1, -0.05) is 30.3 Å². The molecule has 3 N–H and O–H groups in total. The van der Waals surface area contributed by atoms with Gasteiger partial charge in [0, 0.05) is 18.3 Å². The van der Waals surface area contributed by atoms with Crippen LogP contribution in [-0.4, -0.2) is 30.0 Å². The highest BCUT2D eigenvalue weighted by atomic mass is 16.2. The highest BCUT2D eigenvalue weighted by Gasteiger charge is 2.18. The third-order valence-electron chi connectivity index (χ3n) is 3.87. The van der Waals surface area contributed by atoms with Gasteiger partial charge in [0.25, 0.3) is 11.5 Å². The third kappa shape index (κ3) is 3.26. The van der Waals surface area contributed by atoms with Gasteiger partial charge in [0.2, 0.25) is 0 Å². The third-order valence-corrected chi connectivity index (χ3v) is 3.87. The van der Waals surface area contributed by atoms with E-state index in [9.17, 15) is 9.59 Å². The summed E-state index contributed by atoms with van der Waals surface area (Å²) in [6.07, 6.45) is 1.98. The first-order chi connectivity index (χ1) is 10.7. The summed E-state index contributed by atoms with van der Waals surface area (Å²) >= 11 is 0. The molecule has 1 aromatic carbocycles. The van der Waals surface area contributed by atoms with E-state index in [0.29, 0.717) is 5.69 Å². The monoisotopic (exact) mass is 297 g/mol. The normalized spacial score (nSPS) is 17.9. The molecule has 0 saturated carbocycles. The van der Waals surface area contributed by atoms with E-state index in [1.54, 1.807) is 12.1 Å². The second kappa shape index (κ2) is 6.58. The Bertz CT molecular complexity index is 703. The lowest BCUT2D eigenvalue weighted by atomic mass is 10.1. The van der Waals surface area contributed by atoms with E-state index in [0.717, 1.165) is 31.5 Å². The van der Waals surface area contributed by atoms with Gasteiger partial charge in [-0.15, -0.1) is 0 Å². The fraction of sp³-hybridized carbons (Fsp3) is 0.294.